The van der Waals surface area contributed by atoms with Crippen LogP contribution in [0.5, 0.6) is 0 Å². The summed E-state index contributed by atoms with van der Waals surface area (Å²) in [6.45, 7) is 4.01. The lowest BCUT2D eigenvalue weighted by atomic mass is 10.5. The lowest BCUT2D eigenvalue weighted by molar-refractivity contribution is 0.119. The second kappa shape index (κ2) is 2.12. The predicted octanol–water partition coefficient (Wildman–Crippen LogP) is 1.80. The summed E-state index contributed by atoms with van der Waals surface area (Å²) >= 11 is 2.22. The zero-order valence-corrected chi connectivity index (χ0v) is 6.44. The van der Waals surface area contributed by atoms with Crippen molar-refractivity contribution >= 4 is 22.6 Å². The zero-order chi connectivity index (χ0) is 5.21. The van der Waals surface area contributed by atoms with Crippen LogP contribution in [0.15, 0.2) is 0 Å². The SMILES string of the molecule is COC(C)(C)I. The van der Waals surface area contributed by atoms with Gasteiger partial charge >= 0.3 is 0 Å². The van der Waals surface area contributed by atoms with Gasteiger partial charge in [0.25, 0.3) is 0 Å². The van der Waals surface area contributed by atoms with Crippen LogP contribution in [0.1, 0.15) is 13.8 Å². The van der Waals surface area contributed by atoms with Gasteiger partial charge in [0.1, 0.15) is 3.61 Å². The van der Waals surface area contributed by atoms with Crippen LogP contribution in [0.4, 0.5) is 0 Å². The van der Waals surface area contributed by atoms with E-state index < -0.39 is 0 Å². The minimum atomic E-state index is 0.0117. The number of methoxy groups -OCH3 is 1. The normalized spacial score (nSPS) is 12.0. The first-order valence-corrected chi connectivity index (χ1v) is 2.88. The molecule has 0 unspecified atom stereocenters. The van der Waals surface area contributed by atoms with Crippen molar-refractivity contribution in [3.8, 4) is 0 Å². The fourth-order valence-corrected chi connectivity index (χ4v) is 0. The molecule has 0 saturated carbocycles. The van der Waals surface area contributed by atoms with E-state index in [-0.39, 0.29) is 3.61 Å². The standard InChI is InChI=1S/C4H9IO/c1-4(2,5)6-3/h1-3H3. The van der Waals surface area contributed by atoms with E-state index in [0.29, 0.717) is 0 Å². The number of rotatable bonds is 1. The molecule has 0 heterocycles. The molecule has 0 aliphatic carbocycles. The molecule has 0 N–H and O–H groups in total. The van der Waals surface area contributed by atoms with E-state index in [9.17, 15) is 0 Å². The Kier molecular flexibility index (Phi) is 2.36. The second-order valence-electron chi connectivity index (χ2n) is 1.57. The molecule has 0 aromatic rings. The van der Waals surface area contributed by atoms with Gasteiger partial charge in [-0.25, -0.2) is 0 Å². The molecule has 0 radical (unpaired) electrons. The molecule has 0 aliphatic heterocycles. The van der Waals surface area contributed by atoms with Crippen molar-refractivity contribution in [3.63, 3.8) is 0 Å². The van der Waals surface area contributed by atoms with Crippen LogP contribution >= 0.6 is 22.6 Å². The predicted molar refractivity (Wildman–Crippen MR) is 35.1 cm³/mol. The molecule has 0 aromatic carbocycles. The van der Waals surface area contributed by atoms with Gasteiger partial charge in [0.2, 0.25) is 0 Å². The molecule has 0 bridgehead atoms. The molecule has 0 aliphatic rings. The molecule has 6 heavy (non-hydrogen) atoms. The summed E-state index contributed by atoms with van der Waals surface area (Å²) in [4.78, 5) is 0. The molecule has 0 atom stereocenters. The zero-order valence-electron chi connectivity index (χ0n) is 4.29. The molecule has 0 fully saturated rings. The highest BCUT2D eigenvalue weighted by Crippen LogP contribution is 2.15. The van der Waals surface area contributed by atoms with Crippen LogP contribution < -0.4 is 0 Å². The highest BCUT2D eigenvalue weighted by Gasteiger charge is 2.06. The Balaban J connectivity index is 3.17. The quantitative estimate of drug-likeness (QED) is 0.463. The minimum absolute atomic E-state index is 0.0117. The first kappa shape index (κ1) is 6.69. The summed E-state index contributed by atoms with van der Waals surface area (Å²) in [5, 5.41) is 0. The van der Waals surface area contributed by atoms with Crippen LogP contribution in [-0.2, 0) is 4.74 Å². The van der Waals surface area contributed by atoms with Crippen molar-refractivity contribution < 1.29 is 4.74 Å². The third kappa shape index (κ3) is 4.69. The van der Waals surface area contributed by atoms with Crippen LogP contribution in [0, 0.1) is 0 Å². The average molecular weight is 200 g/mol. The van der Waals surface area contributed by atoms with Crippen LogP contribution in [0.2, 0.25) is 0 Å². The summed E-state index contributed by atoms with van der Waals surface area (Å²) < 4.78 is 4.94. The Morgan fingerprint density at radius 2 is 1.67 bits per heavy atom. The molecular formula is C4H9IO. The molecule has 1 nitrogen and oxygen atoms in total. The summed E-state index contributed by atoms with van der Waals surface area (Å²) in [5.41, 5.74) is 0. The van der Waals surface area contributed by atoms with Gasteiger partial charge in [0.15, 0.2) is 0 Å². The summed E-state index contributed by atoms with van der Waals surface area (Å²) in [6, 6.07) is 0. The Bertz CT molecular complexity index is 37.3. The maximum Gasteiger partial charge on any atom is 0.113 e. The lowest BCUT2D eigenvalue weighted by Crippen LogP contribution is -2.10. The highest BCUT2D eigenvalue weighted by atomic mass is 127. The molecule has 0 aromatic heterocycles. The largest absolute Gasteiger partial charge is 0.368 e. The van der Waals surface area contributed by atoms with Crippen molar-refractivity contribution in [2.75, 3.05) is 7.11 Å². The average Bonchev–Trinajstić information content (AvgIpc) is 1.35. The first-order chi connectivity index (χ1) is 2.56. The Morgan fingerprint density at radius 1 is 1.50 bits per heavy atom. The highest BCUT2D eigenvalue weighted by molar-refractivity contribution is 14.1. The molecule has 38 valence electrons. The molecule has 0 rings (SSSR count). The summed E-state index contributed by atoms with van der Waals surface area (Å²) in [7, 11) is 1.70. The Morgan fingerprint density at radius 3 is 1.67 bits per heavy atom. The van der Waals surface area contributed by atoms with Crippen molar-refractivity contribution in [2.24, 2.45) is 0 Å². The van der Waals surface area contributed by atoms with Crippen LogP contribution in [0.25, 0.3) is 0 Å². The second-order valence-corrected chi connectivity index (χ2v) is 4.17. The fraction of sp³-hybridized carbons (Fsp3) is 1.00. The van der Waals surface area contributed by atoms with Gasteiger partial charge in [-0.2, -0.15) is 0 Å². The summed E-state index contributed by atoms with van der Waals surface area (Å²) in [6.07, 6.45) is 0. The van der Waals surface area contributed by atoms with Gasteiger partial charge in [0, 0.05) is 7.11 Å². The topological polar surface area (TPSA) is 9.23 Å². The molecule has 2 heteroatoms. The summed E-state index contributed by atoms with van der Waals surface area (Å²) in [5.74, 6) is 0. The van der Waals surface area contributed by atoms with Gasteiger partial charge in [-0.3, -0.25) is 0 Å². The van der Waals surface area contributed by atoms with Crippen molar-refractivity contribution in [1.29, 1.82) is 0 Å². The van der Waals surface area contributed by atoms with E-state index in [2.05, 4.69) is 22.6 Å². The smallest absolute Gasteiger partial charge is 0.113 e. The van der Waals surface area contributed by atoms with Gasteiger partial charge in [0.05, 0.1) is 0 Å². The van der Waals surface area contributed by atoms with Gasteiger partial charge < -0.3 is 4.74 Å². The van der Waals surface area contributed by atoms with Gasteiger partial charge in [-0.15, -0.1) is 0 Å². The van der Waals surface area contributed by atoms with Crippen molar-refractivity contribution in [1.82, 2.24) is 0 Å². The Hall–Kier alpha value is 0.690. The van der Waals surface area contributed by atoms with E-state index in [1.54, 1.807) is 7.11 Å². The van der Waals surface area contributed by atoms with E-state index in [1.807, 2.05) is 13.8 Å². The maximum atomic E-state index is 4.92. The maximum absolute atomic E-state index is 4.92. The van der Waals surface area contributed by atoms with Gasteiger partial charge in [-0.1, -0.05) is 0 Å². The first-order valence-electron chi connectivity index (χ1n) is 1.80. The van der Waals surface area contributed by atoms with E-state index >= 15 is 0 Å². The molecular weight excluding hydrogens is 191 g/mol. The van der Waals surface area contributed by atoms with E-state index in [1.165, 1.54) is 0 Å². The number of ether oxygens (including phenoxy) is 1. The fourth-order valence-electron chi connectivity index (χ4n) is 0. The number of halogens is 1. The van der Waals surface area contributed by atoms with E-state index in [4.69, 9.17) is 4.74 Å². The van der Waals surface area contributed by atoms with Gasteiger partial charge in [-0.05, 0) is 36.4 Å². The van der Waals surface area contributed by atoms with Crippen LogP contribution in [-0.4, -0.2) is 10.7 Å². The monoisotopic (exact) mass is 200 g/mol. The third-order valence-corrected chi connectivity index (χ3v) is 0.926. The van der Waals surface area contributed by atoms with Crippen LogP contribution in [0.3, 0.4) is 0 Å². The number of alkyl halides is 1. The number of hydrogen-bond donors (Lipinski definition) is 0. The minimum Gasteiger partial charge on any atom is -0.368 e. The van der Waals surface area contributed by atoms with Crippen molar-refractivity contribution in [3.05, 3.63) is 0 Å². The third-order valence-electron chi connectivity index (χ3n) is 0.485. The molecule has 0 amide bonds. The molecule has 0 saturated heterocycles. The molecule has 0 spiro atoms. The Labute approximate surface area is 52.2 Å². The van der Waals surface area contributed by atoms with E-state index in [0.717, 1.165) is 0 Å². The van der Waals surface area contributed by atoms with Crippen molar-refractivity contribution in [2.45, 2.75) is 17.5 Å². The lowest BCUT2D eigenvalue weighted by Gasteiger charge is -2.11. The number of hydrogen-bond acceptors (Lipinski definition) is 1.